The zero-order chi connectivity index (χ0) is 30.7. The molecule has 0 amide bonds. The van der Waals surface area contributed by atoms with Gasteiger partial charge in [-0.05, 0) is 86.3 Å². The standard InChI is InChI=1S/C38H52N2O3/c1-5-6-7-8-9-10-11-12-13-14-15-16-17-18-28-42-35-25-22-33(23-26-35)38(41)43-36-27-24-34(29-32(36)4)39-40-37-30(2)20-19-21-31(37)3/h19-27,29H,5-18,28H2,1-4H3. The van der Waals surface area contributed by atoms with Crippen LogP contribution >= 0.6 is 0 Å². The SMILES string of the molecule is CCCCCCCCCCCCCCCCOc1ccc(C(=O)Oc2ccc(N=Nc3c(C)cccc3C)cc2C)cc1. The van der Waals surface area contributed by atoms with Crippen molar-refractivity contribution in [3.8, 4) is 11.5 Å². The van der Waals surface area contributed by atoms with E-state index in [0.717, 1.165) is 34.5 Å². The van der Waals surface area contributed by atoms with Gasteiger partial charge in [0.15, 0.2) is 0 Å². The van der Waals surface area contributed by atoms with Gasteiger partial charge in [0.1, 0.15) is 11.5 Å². The molecule has 232 valence electrons. The molecule has 0 N–H and O–H groups in total. The number of benzene rings is 3. The lowest BCUT2D eigenvalue weighted by atomic mass is 10.0. The van der Waals surface area contributed by atoms with Crippen molar-refractivity contribution in [3.63, 3.8) is 0 Å². The first-order chi connectivity index (χ1) is 21.0. The molecule has 0 bridgehead atoms. The Kier molecular flexibility index (Phi) is 15.6. The molecule has 0 aliphatic heterocycles. The fourth-order valence-electron chi connectivity index (χ4n) is 5.21. The van der Waals surface area contributed by atoms with Crippen molar-refractivity contribution in [2.24, 2.45) is 10.2 Å². The summed E-state index contributed by atoms with van der Waals surface area (Å²) >= 11 is 0. The van der Waals surface area contributed by atoms with Crippen molar-refractivity contribution < 1.29 is 14.3 Å². The van der Waals surface area contributed by atoms with Crippen LogP contribution in [0, 0.1) is 20.8 Å². The van der Waals surface area contributed by atoms with Crippen molar-refractivity contribution in [2.75, 3.05) is 6.61 Å². The molecule has 0 saturated heterocycles. The second-order valence-corrected chi connectivity index (χ2v) is 11.7. The van der Waals surface area contributed by atoms with E-state index in [-0.39, 0.29) is 0 Å². The van der Waals surface area contributed by atoms with Crippen LogP contribution in [0.4, 0.5) is 11.4 Å². The molecule has 3 rings (SSSR count). The molecule has 0 aliphatic rings. The zero-order valence-corrected chi connectivity index (χ0v) is 27.0. The average Bonchev–Trinajstić information content (AvgIpc) is 3.00. The summed E-state index contributed by atoms with van der Waals surface area (Å²) in [7, 11) is 0. The summed E-state index contributed by atoms with van der Waals surface area (Å²) in [4.78, 5) is 12.8. The number of rotatable bonds is 20. The molecular weight excluding hydrogens is 532 g/mol. The number of hydrogen-bond donors (Lipinski definition) is 0. The Labute approximate surface area is 260 Å². The summed E-state index contributed by atoms with van der Waals surface area (Å²) in [5.41, 5.74) is 5.05. The Hall–Kier alpha value is -3.47. The molecule has 0 fully saturated rings. The van der Waals surface area contributed by atoms with E-state index in [4.69, 9.17) is 9.47 Å². The molecule has 0 heterocycles. The number of ether oxygens (including phenoxy) is 2. The lowest BCUT2D eigenvalue weighted by Crippen LogP contribution is -2.09. The highest BCUT2D eigenvalue weighted by Crippen LogP contribution is 2.29. The summed E-state index contributed by atoms with van der Waals surface area (Å²) in [6.07, 6.45) is 18.8. The van der Waals surface area contributed by atoms with Gasteiger partial charge in [-0.1, -0.05) is 109 Å². The second-order valence-electron chi connectivity index (χ2n) is 11.7. The molecule has 3 aromatic carbocycles. The van der Waals surface area contributed by atoms with Crippen LogP contribution in [0.2, 0.25) is 0 Å². The smallest absolute Gasteiger partial charge is 0.343 e. The Morgan fingerprint density at radius 2 is 1.19 bits per heavy atom. The molecule has 5 nitrogen and oxygen atoms in total. The largest absolute Gasteiger partial charge is 0.494 e. The van der Waals surface area contributed by atoms with Gasteiger partial charge < -0.3 is 9.47 Å². The molecule has 0 atom stereocenters. The first kappa shape index (κ1) is 34.0. The normalized spacial score (nSPS) is 11.3. The van der Waals surface area contributed by atoms with Crippen LogP contribution in [-0.2, 0) is 0 Å². The third-order valence-corrected chi connectivity index (χ3v) is 7.92. The maximum Gasteiger partial charge on any atom is 0.343 e. The highest BCUT2D eigenvalue weighted by molar-refractivity contribution is 5.91. The van der Waals surface area contributed by atoms with Gasteiger partial charge in [-0.25, -0.2) is 4.79 Å². The van der Waals surface area contributed by atoms with Gasteiger partial charge in [0, 0.05) is 0 Å². The molecule has 0 spiro atoms. The van der Waals surface area contributed by atoms with Gasteiger partial charge in [-0.15, -0.1) is 0 Å². The summed E-state index contributed by atoms with van der Waals surface area (Å²) in [5, 5.41) is 8.82. The molecule has 3 aromatic rings. The number of aryl methyl sites for hydroxylation is 3. The summed E-state index contributed by atoms with van der Waals surface area (Å²) in [6, 6.07) is 18.7. The summed E-state index contributed by atoms with van der Waals surface area (Å²) < 4.78 is 11.6. The van der Waals surface area contributed by atoms with Crippen LogP contribution < -0.4 is 9.47 Å². The number of hydrogen-bond acceptors (Lipinski definition) is 5. The predicted octanol–water partition coefficient (Wildman–Crippen LogP) is 12.1. The van der Waals surface area contributed by atoms with E-state index in [2.05, 4.69) is 17.2 Å². The Morgan fingerprint density at radius 1 is 0.628 bits per heavy atom. The van der Waals surface area contributed by atoms with Crippen LogP contribution in [0.5, 0.6) is 11.5 Å². The number of carbonyl (C=O) groups excluding carboxylic acids is 1. The second kappa shape index (κ2) is 19.7. The van der Waals surface area contributed by atoms with E-state index >= 15 is 0 Å². The summed E-state index contributed by atoms with van der Waals surface area (Å²) in [5.74, 6) is 0.890. The highest BCUT2D eigenvalue weighted by Gasteiger charge is 2.11. The monoisotopic (exact) mass is 584 g/mol. The van der Waals surface area contributed by atoms with E-state index < -0.39 is 5.97 Å². The Bertz CT molecular complexity index is 1250. The van der Waals surface area contributed by atoms with Gasteiger partial charge in [0.2, 0.25) is 0 Å². The average molecular weight is 585 g/mol. The van der Waals surface area contributed by atoms with Crippen molar-refractivity contribution >= 4 is 17.3 Å². The highest BCUT2D eigenvalue weighted by atomic mass is 16.5. The van der Waals surface area contributed by atoms with Crippen molar-refractivity contribution in [1.29, 1.82) is 0 Å². The lowest BCUT2D eigenvalue weighted by Gasteiger charge is -2.09. The van der Waals surface area contributed by atoms with E-state index in [9.17, 15) is 4.79 Å². The van der Waals surface area contributed by atoms with Gasteiger partial charge in [-0.3, -0.25) is 0 Å². The first-order valence-corrected chi connectivity index (χ1v) is 16.5. The Morgan fingerprint density at radius 3 is 1.74 bits per heavy atom. The minimum atomic E-state index is -0.397. The van der Waals surface area contributed by atoms with E-state index in [1.807, 2.05) is 57.2 Å². The van der Waals surface area contributed by atoms with Crippen LogP contribution in [0.15, 0.2) is 70.9 Å². The maximum absolute atomic E-state index is 12.8. The predicted molar refractivity (Wildman–Crippen MR) is 178 cm³/mol. The van der Waals surface area contributed by atoms with Crippen molar-refractivity contribution in [2.45, 2.75) is 118 Å². The third kappa shape index (κ3) is 12.7. The fraction of sp³-hybridized carbons (Fsp3) is 0.500. The van der Waals surface area contributed by atoms with E-state index in [1.165, 1.54) is 83.5 Å². The minimum absolute atomic E-state index is 0.397. The van der Waals surface area contributed by atoms with Gasteiger partial charge in [0.25, 0.3) is 0 Å². The molecule has 5 heteroatoms. The molecule has 0 unspecified atom stereocenters. The first-order valence-electron chi connectivity index (χ1n) is 16.5. The summed E-state index contributed by atoms with van der Waals surface area (Å²) in [6.45, 7) is 8.92. The lowest BCUT2D eigenvalue weighted by molar-refractivity contribution is 0.0733. The van der Waals surface area contributed by atoms with Gasteiger partial charge >= 0.3 is 5.97 Å². The van der Waals surface area contributed by atoms with E-state index in [1.54, 1.807) is 24.3 Å². The molecule has 0 saturated carbocycles. The molecular formula is C38H52N2O3. The molecule has 0 aromatic heterocycles. The maximum atomic E-state index is 12.8. The van der Waals surface area contributed by atoms with Crippen LogP contribution in [0.1, 0.15) is 124 Å². The molecule has 0 radical (unpaired) electrons. The fourth-order valence-corrected chi connectivity index (χ4v) is 5.21. The van der Waals surface area contributed by atoms with Crippen LogP contribution in [0.25, 0.3) is 0 Å². The number of esters is 1. The molecule has 43 heavy (non-hydrogen) atoms. The number of azo groups is 1. The topological polar surface area (TPSA) is 60.2 Å². The van der Waals surface area contributed by atoms with Crippen molar-refractivity contribution in [3.05, 3.63) is 82.9 Å². The number of nitrogens with zero attached hydrogens (tertiary/aromatic N) is 2. The quantitative estimate of drug-likeness (QED) is 0.0574. The van der Waals surface area contributed by atoms with Crippen LogP contribution in [0.3, 0.4) is 0 Å². The van der Waals surface area contributed by atoms with Crippen LogP contribution in [-0.4, -0.2) is 12.6 Å². The zero-order valence-electron chi connectivity index (χ0n) is 27.0. The molecule has 0 aliphatic carbocycles. The number of carbonyl (C=O) groups is 1. The third-order valence-electron chi connectivity index (χ3n) is 7.92. The van der Waals surface area contributed by atoms with Gasteiger partial charge in [0.05, 0.1) is 23.5 Å². The van der Waals surface area contributed by atoms with Gasteiger partial charge in [-0.2, -0.15) is 10.2 Å². The van der Waals surface area contributed by atoms with E-state index in [0.29, 0.717) is 23.6 Å². The number of unbranched alkanes of at least 4 members (excludes halogenated alkanes) is 13. The minimum Gasteiger partial charge on any atom is -0.494 e. The van der Waals surface area contributed by atoms with Crippen molar-refractivity contribution in [1.82, 2.24) is 0 Å². The Balaban J connectivity index is 1.30.